The Morgan fingerprint density at radius 1 is 1.40 bits per heavy atom. The lowest BCUT2D eigenvalue weighted by Gasteiger charge is -2.13. The Kier molecular flexibility index (Phi) is 2.15. The van der Waals surface area contributed by atoms with Crippen molar-refractivity contribution in [2.45, 2.75) is 13.5 Å². The van der Waals surface area contributed by atoms with Gasteiger partial charge in [0.2, 0.25) is 0 Å². The number of imide groups is 1. The van der Waals surface area contributed by atoms with Crippen molar-refractivity contribution >= 4 is 11.8 Å². The highest BCUT2D eigenvalue weighted by atomic mass is 16.2. The molecule has 0 aromatic carbocycles. The van der Waals surface area contributed by atoms with Crippen LogP contribution in [0, 0.1) is 0 Å². The molecule has 1 aromatic heterocycles. The van der Waals surface area contributed by atoms with Crippen LogP contribution >= 0.6 is 0 Å². The fourth-order valence-electron chi connectivity index (χ4n) is 1.51. The van der Waals surface area contributed by atoms with Crippen molar-refractivity contribution in [3.05, 3.63) is 29.6 Å². The van der Waals surface area contributed by atoms with Gasteiger partial charge in [-0.3, -0.25) is 19.2 Å². The van der Waals surface area contributed by atoms with Crippen molar-refractivity contribution < 1.29 is 9.59 Å². The highest BCUT2D eigenvalue weighted by molar-refractivity contribution is 6.15. The predicted octanol–water partition coefficient (Wildman–Crippen LogP) is 0.235. The normalized spacial score (nSPS) is 16.1. The number of amides is 2. The lowest BCUT2D eigenvalue weighted by molar-refractivity contribution is -0.137. The van der Waals surface area contributed by atoms with Crippen LogP contribution in [-0.2, 0) is 23.2 Å². The predicted molar refractivity (Wildman–Crippen MR) is 52.5 cm³/mol. The quantitative estimate of drug-likeness (QED) is 0.650. The molecule has 15 heavy (non-hydrogen) atoms. The first-order valence-corrected chi connectivity index (χ1v) is 4.60. The molecule has 78 valence electrons. The van der Waals surface area contributed by atoms with Crippen LogP contribution in [0.15, 0.2) is 23.9 Å². The number of aromatic nitrogens is 2. The number of carbonyl (C=O) groups is 2. The Balaban J connectivity index is 2.19. The molecular formula is C10H11N3O2. The van der Waals surface area contributed by atoms with Crippen LogP contribution < -0.4 is 0 Å². The zero-order chi connectivity index (χ0) is 11.0. The first-order chi connectivity index (χ1) is 7.09. The molecule has 5 heteroatoms. The summed E-state index contributed by atoms with van der Waals surface area (Å²) >= 11 is 0. The maximum Gasteiger partial charge on any atom is 0.256 e. The summed E-state index contributed by atoms with van der Waals surface area (Å²) in [5.74, 6) is -0.472. The van der Waals surface area contributed by atoms with Crippen LogP contribution in [0.25, 0.3) is 0 Å². The van der Waals surface area contributed by atoms with Crippen molar-refractivity contribution in [1.82, 2.24) is 14.7 Å². The van der Waals surface area contributed by atoms with Crippen LogP contribution in [0.2, 0.25) is 0 Å². The lowest BCUT2D eigenvalue weighted by Crippen LogP contribution is -2.31. The molecular weight excluding hydrogens is 194 g/mol. The van der Waals surface area contributed by atoms with E-state index in [1.54, 1.807) is 30.9 Å². The molecule has 1 aromatic rings. The van der Waals surface area contributed by atoms with Gasteiger partial charge in [0.25, 0.3) is 11.8 Å². The summed E-state index contributed by atoms with van der Waals surface area (Å²) in [5, 5.41) is 3.98. The van der Waals surface area contributed by atoms with E-state index in [-0.39, 0.29) is 18.4 Å². The fourth-order valence-corrected chi connectivity index (χ4v) is 1.51. The maximum absolute atomic E-state index is 11.6. The van der Waals surface area contributed by atoms with Crippen LogP contribution in [0.5, 0.6) is 0 Å². The number of hydrogen-bond donors (Lipinski definition) is 0. The van der Waals surface area contributed by atoms with E-state index in [2.05, 4.69) is 5.10 Å². The van der Waals surface area contributed by atoms with Gasteiger partial charge in [-0.25, -0.2) is 0 Å². The standard InChI is InChI=1S/C10H11N3O2/c1-7-5-9(14)13(10(7)15)6-8-3-4-11-12(8)2/h3-5H,6H2,1-2H3. The Bertz CT molecular complexity index is 459. The van der Waals surface area contributed by atoms with E-state index in [4.69, 9.17) is 0 Å². The largest absolute Gasteiger partial charge is 0.271 e. The molecule has 1 aliphatic rings. The lowest BCUT2D eigenvalue weighted by atomic mass is 10.3. The summed E-state index contributed by atoms with van der Waals surface area (Å²) < 4.78 is 1.65. The van der Waals surface area contributed by atoms with Gasteiger partial charge in [0, 0.05) is 24.9 Å². The molecule has 0 aliphatic carbocycles. The molecule has 2 amide bonds. The fraction of sp³-hybridized carbons (Fsp3) is 0.300. The van der Waals surface area contributed by atoms with E-state index < -0.39 is 0 Å². The molecule has 0 fully saturated rings. The SMILES string of the molecule is CC1=CC(=O)N(Cc2ccnn2C)C1=O. The van der Waals surface area contributed by atoms with Gasteiger partial charge >= 0.3 is 0 Å². The second-order valence-electron chi connectivity index (χ2n) is 3.50. The van der Waals surface area contributed by atoms with E-state index in [0.717, 1.165) is 5.69 Å². The Labute approximate surface area is 87.0 Å². The molecule has 0 saturated heterocycles. The average Bonchev–Trinajstić information content (AvgIpc) is 2.67. The van der Waals surface area contributed by atoms with Crippen molar-refractivity contribution in [3.63, 3.8) is 0 Å². The maximum atomic E-state index is 11.6. The van der Waals surface area contributed by atoms with Gasteiger partial charge in [0.05, 0.1) is 12.2 Å². The highest BCUT2D eigenvalue weighted by Gasteiger charge is 2.28. The zero-order valence-corrected chi connectivity index (χ0v) is 8.60. The van der Waals surface area contributed by atoms with Gasteiger partial charge in [-0.05, 0) is 13.0 Å². The van der Waals surface area contributed by atoms with E-state index in [1.165, 1.54) is 11.0 Å². The molecule has 0 unspecified atom stereocenters. The Morgan fingerprint density at radius 2 is 2.13 bits per heavy atom. The van der Waals surface area contributed by atoms with E-state index in [1.807, 2.05) is 0 Å². The van der Waals surface area contributed by atoms with Gasteiger partial charge in [-0.1, -0.05) is 0 Å². The number of nitrogens with zero attached hydrogens (tertiary/aromatic N) is 3. The van der Waals surface area contributed by atoms with Crippen LogP contribution in [0.3, 0.4) is 0 Å². The first kappa shape index (κ1) is 9.64. The van der Waals surface area contributed by atoms with Gasteiger partial charge in [-0.15, -0.1) is 0 Å². The summed E-state index contributed by atoms with van der Waals surface area (Å²) in [5.41, 5.74) is 1.32. The summed E-state index contributed by atoms with van der Waals surface area (Å²) in [6.07, 6.45) is 3.00. The minimum atomic E-state index is -0.251. The van der Waals surface area contributed by atoms with Crippen molar-refractivity contribution in [1.29, 1.82) is 0 Å². The molecule has 5 nitrogen and oxygen atoms in total. The van der Waals surface area contributed by atoms with Crippen molar-refractivity contribution in [3.8, 4) is 0 Å². The molecule has 1 aliphatic heterocycles. The van der Waals surface area contributed by atoms with Gasteiger partial charge in [0.15, 0.2) is 0 Å². The monoisotopic (exact) mass is 205 g/mol. The van der Waals surface area contributed by atoms with E-state index in [0.29, 0.717) is 5.57 Å². The topological polar surface area (TPSA) is 55.2 Å². The molecule has 0 bridgehead atoms. The van der Waals surface area contributed by atoms with Gasteiger partial charge in [0.1, 0.15) is 0 Å². The van der Waals surface area contributed by atoms with E-state index >= 15 is 0 Å². The van der Waals surface area contributed by atoms with Crippen LogP contribution in [0.1, 0.15) is 12.6 Å². The second-order valence-corrected chi connectivity index (χ2v) is 3.50. The minimum absolute atomic E-state index is 0.221. The number of carbonyl (C=O) groups excluding carboxylic acids is 2. The summed E-state index contributed by atoms with van der Waals surface area (Å²) in [6, 6.07) is 1.79. The Morgan fingerprint density at radius 3 is 2.60 bits per heavy atom. The second kappa shape index (κ2) is 3.34. The molecule has 0 atom stereocenters. The van der Waals surface area contributed by atoms with Gasteiger partial charge < -0.3 is 0 Å². The van der Waals surface area contributed by atoms with Gasteiger partial charge in [-0.2, -0.15) is 5.10 Å². The first-order valence-electron chi connectivity index (χ1n) is 4.60. The molecule has 0 spiro atoms. The number of hydrogen-bond acceptors (Lipinski definition) is 3. The molecule has 0 radical (unpaired) electrons. The molecule has 0 N–H and O–H groups in total. The van der Waals surface area contributed by atoms with Crippen LogP contribution in [-0.4, -0.2) is 26.5 Å². The highest BCUT2D eigenvalue weighted by Crippen LogP contribution is 2.14. The third kappa shape index (κ3) is 1.56. The third-order valence-corrected chi connectivity index (χ3v) is 2.43. The number of aryl methyl sites for hydroxylation is 1. The third-order valence-electron chi connectivity index (χ3n) is 2.43. The molecule has 2 rings (SSSR count). The minimum Gasteiger partial charge on any atom is -0.271 e. The summed E-state index contributed by atoms with van der Waals surface area (Å²) in [7, 11) is 1.78. The molecule has 0 saturated carbocycles. The average molecular weight is 205 g/mol. The van der Waals surface area contributed by atoms with Crippen LogP contribution in [0.4, 0.5) is 0 Å². The Hall–Kier alpha value is -1.91. The summed E-state index contributed by atoms with van der Waals surface area (Å²) in [4.78, 5) is 24.2. The van der Waals surface area contributed by atoms with Crippen molar-refractivity contribution in [2.24, 2.45) is 7.05 Å². The molecule has 2 heterocycles. The summed E-state index contributed by atoms with van der Waals surface area (Å²) in [6.45, 7) is 1.92. The smallest absolute Gasteiger partial charge is 0.256 e. The van der Waals surface area contributed by atoms with Crippen molar-refractivity contribution in [2.75, 3.05) is 0 Å². The number of rotatable bonds is 2. The van der Waals surface area contributed by atoms with E-state index in [9.17, 15) is 9.59 Å². The zero-order valence-electron chi connectivity index (χ0n) is 8.60.